The summed E-state index contributed by atoms with van der Waals surface area (Å²) in [5, 5.41) is 0. The molecule has 0 bridgehead atoms. The summed E-state index contributed by atoms with van der Waals surface area (Å²) >= 11 is 0. The number of rotatable bonds is 5. The van der Waals surface area contributed by atoms with Crippen LogP contribution in [0, 0.1) is 0 Å². The van der Waals surface area contributed by atoms with Gasteiger partial charge in [-0.3, -0.25) is 4.79 Å². The maximum Gasteiger partial charge on any atom is 0.234 e. The Kier molecular flexibility index (Phi) is 4.50. The fourth-order valence-electron chi connectivity index (χ4n) is 1.57. The summed E-state index contributed by atoms with van der Waals surface area (Å²) in [4.78, 5) is 10.8. The maximum absolute atomic E-state index is 10.8. The van der Waals surface area contributed by atoms with Crippen molar-refractivity contribution in [3.8, 4) is 0 Å². The van der Waals surface area contributed by atoms with Crippen LogP contribution in [0.4, 0.5) is 0 Å². The largest absolute Gasteiger partial charge is 0.368 e. The minimum Gasteiger partial charge on any atom is -0.368 e. The Bertz CT molecular complexity index is 345. The van der Waals surface area contributed by atoms with E-state index in [2.05, 4.69) is 26.0 Å². The van der Waals surface area contributed by atoms with Gasteiger partial charge < -0.3 is 11.5 Å². The zero-order valence-electron chi connectivity index (χ0n) is 9.94. The van der Waals surface area contributed by atoms with Crippen molar-refractivity contribution in [2.45, 2.75) is 38.6 Å². The van der Waals surface area contributed by atoms with E-state index in [1.807, 2.05) is 12.1 Å². The Hall–Kier alpha value is -1.35. The molecule has 0 aliphatic rings. The van der Waals surface area contributed by atoms with E-state index in [-0.39, 0.29) is 0 Å². The Labute approximate surface area is 96.8 Å². The molecule has 3 heteroatoms. The molecule has 1 aromatic rings. The molecule has 0 aliphatic heterocycles. The van der Waals surface area contributed by atoms with Gasteiger partial charge in [-0.1, -0.05) is 38.1 Å². The van der Waals surface area contributed by atoms with Crippen LogP contribution in [0.2, 0.25) is 0 Å². The lowest BCUT2D eigenvalue weighted by molar-refractivity contribution is -0.119. The van der Waals surface area contributed by atoms with Gasteiger partial charge in [0.05, 0.1) is 6.04 Å². The molecule has 0 radical (unpaired) electrons. The highest BCUT2D eigenvalue weighted by Gasteiger charge is 2.10. The molecule has 1 rings (SSSR count). The summed E-state index contributed by atoms with van der Waals surface area (Å²) in [6.07, 6.45) is 1.64. The molecular formula is C13H20N2O. The molecule has 0 fully saturated rings. The highest BCUT2D eigenvalue weighted by molar-refractivity contribution is 5.79. The highest BCUT2D eigenvalue weighted by Crippen LogP contribution is 2.19. The summed E-state index contributed by atoms with van der Waals surface area (Å²) in [6, 6.07) is 7.64. The fraction of sp³-hybridized carbons (Fsp3) is 0.462. The normalized spacial score (nSPS) is 14.4. The third-order valence-corrected chi connectivity index (χ3v) is 2.98. The molecule has 1 aromatic carbocycles. The first-order chi connectivity index (χ1) is 7.54. The summed E-state index contributed by atoms with van der Waals surface area (Å²) in [6.45, 7) is 4.37. The summed E-state index contributed by atoms with van der Waals surface area (Å²) in [7, 11) is 0. The highest BCUT2D eigenvalue weighted by atomic mass is 16.1. The zero-order chi connectivity index (χ0) is 12.1. The van der Waals surface area contributed by atoms with Gasteiger partial charge in [0, 0.05) is 0 Å². The zero-order valence-corrected chi connectivity index (χ0v) is 9.94. The Morgan fingerprint density at radius 3 is 2.31 bits per heavy atom. The minimum atomic E-state index is -0.588. The molecular weight excluding hydrogens is 200 g/mol. The second-order valence-corrected chi connectivity index (χ2v) is 4.26. The molecule has 4 N–H and O–H groups in total. The van der Waals surface area contributed by atoms with E-state index < -0.39 is 11.9 Å². The molecule has 2 atom stereocenters. The molecule has 88 valence electrons. The first kappa shape index (κ1) is 12.7. The number of amides is 1. The summed E-state index contributed by atoms with van der Waals surface area (Å²) in [5.74, 6) is 0.116. The lowest BCUT2D eigenvalue weighted by atomic mass is 9.96. The molecule has 0 spiro atoms. The number of primary amides is 1. The van der Waals surface area contributed by atoms with Crippen LogP contribution in [0.1, 0.15) is 37.3 Å². The average Bonchev–Trinajstić information content (AvgIpc) is 2.28. The van der Waals surface area contributed by atoms with Gasteiger partial charge in [-0.15, -0.1) is 0 Å². The molecule has 0 heterocycles. The Balaban J connectivity index is 2.68. The monoisotopic (exact) mass is 220 g/mol. The van der Waals surface area contributed by atoms with E-state index in [1.54, 1.807) is 0 Å². The first-order valence-electron chi connectivity index (χ1n) is 5.68. The third kappa shape index (κ3) is 3.35. The first-order valence-corrected chi connectivity index (χ1v) is 5.68. The van der Waals surface area contributed by atoms with Crippen LogP contribution < -0.4 is 11.5 Å². The van der Waals surface area contributed by atoms with E-state index in [0.29, 0.717) is 12.3 Å². The maximum atomic E-state index is 10.8. The van der Waals surface area contributed by atoms with E-state index >= 15 is 0 Å². The second-order valence-electron chi connectivity index (χ2n) is 4.26. The van der Waals surface area contributed by atoms with Gasteiger partial charge in [0.15, 0.2) is 0 Å². The smallest absolute Gasteiger partial charge is 0.234 e. The standard InChI is InChI=1S/C13H20N2O/c1-3-9(2)11-6-4-10(5-7-11)8-12(14)13(15)16/h4-7,9,12H,3,8,14H2,1-2H3,(H2,15,16). The van der Waals surface area contributed by atoms with E-state index in [0.717, 1.165) is 12.0 Å². The lowest BCUT2D eigenvalue weighted by Gasteiger charge is -2.11. The molecule has 1 amide bonds. The molecule has 0 saturated heterocycles. The number of carbonyl (C=O) groups excluding carboxylic acids is 1. The SMILES string of the molecule is CCC(C)c1ccc(CC(N)C(N)=O)cc1. The number of hydrogen-bond donors (Lipinski definition) is 2. The van der Waals surface area contributed by atoms with Crippen molar-refractivity contribution in [3.63, 3.8) is 0 Å². The second kappa shape index (κ2) is 5.66. The number of nitrogens with two attached hydrogens (primary N) is 2. The third-order valence-electron chi connectivity index (χ3n) is 2.98. The van der Waals surface area contributed by atoms with Crippen molar-refractivity contribution in [1.82, 2.24) is 0 Å². The van der Waals surface area contributed by atoms with Gasteiger partial charge in [0.1, 0.15) is 0 Å². The fourth-order valence-corrected chi connectivity index (χ4v) is 1.57. The number of carbonyl (C=O) groups is 1. The number of benzene rings is 1. The van der Waals surface area contributed by atoms with Crippen LogP contribution in [0.25, 0.3) is 0 Å². The summed E-state index contributed by atoms with van der Waals surface area (Å²) in [5.41, 5.74) is 13.1. The number of hydrogen-bond acceptors (Lipinski definition) is 2. The molecule has 0 aliphatic carbocycles. The van der Waals surface area contributed by atoms with Gasteiger partial charge in [0.25, 0.3) is 0 Å². The minimum absolute atomic E-state index is 0.453. The van der Waals surface area contributed by atoms with Gasteiger partial charge in [0.2, 0.25) is 5.91 Å². The van der Waals surface area contributed by atoms with Gasteiger partial charge in [-0.25, -0.2) is 0 Å². The quantitative estimate of drug-likeness (QED) is 0.790. The lowest BCUT2D eigenvalue weighted by Crippen LogP contribution is -2.38. The van der Waals surface area contributed by atoms with Crippen molar-refractivity contribution in [1.29, 1.82) is 0 Å². The van der Waals surface area contributed by atoms with Crippen LogP contribution >= 0.6 is 0 Å². The van der Waals surface area contributed by atoms with Crippen molar-refractivity contribution < 1.29 is 4.79 Å². The van der Waals surface area contributed by atoms with E-state index in [1.165, 1.54) is 5.56 Å². The van der Waals surface area contributed by atoms with E-state index in [4.69, 9.17) is 11.5 Å². The van der Waals surface area contributed by atoms with Crippen LogP contribution in [0.5, 0.6) is 0 Å². The molecule has 0 aromatic heterocycles. The predicted octanol–water partition coefficient (Wildman–Crippen LogP) is 1.56. The molecule has 0 saturated carbocycles. The van der Waals surface area contributed by atoms with Crippen molar-refractivity contribution in [2.24, 2.45) is 11.5 Å². The van der Waals surface area contributed by atoms with Crippen LogP contribution in [0.15, 0.2) is 24.3 Å². The van der Waals surface area contributed by atoms with Crippen LogP contribution in [-0.2, 0) is 11.2 Å². The molecule has 3 nitrogen and oxygen atoms in total. The molecule has 2 unspecified atom stereocenters. The Morgan fingerprint density at radius 2 is 1.88 bits per heavy atom. The summed E-state index contributed by atoms with van der Waals surface area (Å²) < 4.78 is 0. The van der Waals surface area contributed by atoms with Gasteiger partial charge >= 0.3 is 0 Å². The van der Waals surface area contributed by atoms with Crippen molar-refractivity contribution in [2.75, 3.05) is 0 Å². The average molecular weight is 220 g/mol. The van der Waals surface area contributed by atoms with Crippen molar-refractivity contribution >= 4 is 5.91 Å². The van der Waals surface area contributed by atoms with Crippen molar-refractivity contribution in [3.05, 3.63) is 35.4 Å². The topological polar surface area (TPSA) is 69.1 Å². The predicted molar refractivity (Wildman–Crippen MR) is 66.0 cm³/mol. The molecule has 16 heavy (non-hydrogen) atoms. The van der Waals surface area contributed by atoms with Crippen LogP contribution in [0.3, 0.4) is 0 Å². The Morgan fingerprint density at radius 1 is 1.31 bits per heavy atom. The van der Waals surface area contributed by atoms with Gasteiger partial charge in [-0.05, 0) is 29.9 Å². The van der Waals surface area contributed by atoms with Gasteiger partial charge in [-0.2, -0.15) is 0 Å². The van der Waals surface area contributed by atoms with E-state index in [9.17, 15) is 4.79 Å². The van der Waals surface area contributed by atoms with Crippen LogP contribution in [-0.4, -0.2) is 11.9 Å².